The quantitative estimate of drug-likeness (QED) is 0.587. The van der Waals surface area contributed by atoms with Crippen LogP contribution < -0.4 is 4.90 Å². The highest BCUT2D eigenvalue weighted by molar-refractivity contribution is 5.98. The summed E-state index contributed by atoms with van der Waals surface area (Å²) in [6.45, 7) is 2.96. The minimum absolute atomic E-state index is 0.0124. The number of nitrogens with zero attached hydrogens (tertiary/aromatic N) is 3. The Morgan fingerprint density at radius 3 is 2.03 bits per heavy atom. The highest BCUT2D eigenvalue weighted by Crippen LogP contribution is 2.20. The van der Waals surface area contributed by atoms with Gasteiger partial charge in [-0.1, -0.05) is 54.6 Å². The van der Waals surface area contributed by atoms with Gasteiger partial charge in [-0.2, -0.15) is 0 Å². The second-order valence-corrected chi connectivity index (χ2v) is 7.44. The summed E-state index contributed by atoms with van der Waals surface area (Å²) < 4.78 is 0. The van der Waals surface area contributed by atoms with E-state index in [2.05, 4.69) is 9.88 Å². The van der Waals surface area contributed by atoms with Crippen molar-refractivity contribution < 1.29 is 9.59 Å². The van der Waals surface area contributed by atoms with Crippen LogP contribution in [0.2, 0.25) is 0 Å². The molecular formula is C25H25N3O2. The number of Topliss-reactive ketones (excluding diaryl/α,β-unsaturated/α-hetero) is 1. The second kappa shape index (κ2) is 9.35. The van der Waals surface area contributed by atoms with Gasteiger partial charge in [0.2, 0.25) is 5.91 Å². The zero-order valence-corrected chi connectivity index (χ0v) is 16.9. The Morgan fingerprint density at radius 1 is 0.733 bits per heavy atom. The molecule has 5 heteroatoms. The van der Waals surface area contributed by atoms with Gasteiger partial charge in [0.05, 0.1) is 0 Å². The summed E-state index contributed by atoms with van der Waals surface area (Å²) in [4.78, 5) is 33.3. The number of benzene rings is 2. The van der Waals surface area contributed by atoms with Gasteiger partial charge in [-0.15, -0.1) is 0 Å². The molecule has 5 nitrogen and oxygen atoms in total. The summed E-state index contributed by atoms with van der Waals surface area (Å²) in [5.41, 5.74) is 3.99. The maximum absolute atomic E-state index is 12.6. The lowest BCUT2D eigenvalue weighted by molar-refractivity contribution is -0.131. The molecule has 0 unspecified atom stereocenters. The summed E-state index contributed by atoms with van der Waals surface area (Å²) >= 11 is 0. The topological polar surface area (TPSA) is 53.5 Å². The van der Waals surface area contributed by atoms with Crippen LogP contribution in [0.1, 0.15) is 23.2 Å². The molecule has 0 bridgehead atoms. The Kier molecular flexibility index (Phi) is 6.18. The van der Waals surface area contributed by atoms with Gasteiger partial charge in [0, 0.05) is 62.7 Å². The van der Waals surface area contributed by atoms with Crippen molar-refractivity contribution >= 4 is 17.4 Å². The van der Waals surface area contributed by atoms with E-state index in [0.29, 0.717) is 18.7 Å². The molecule has 3 aromatic rings. The summed E-state index contributed by atoms with van der Waals surface area (Å²) in [5.74, 6) is 0.0667. The molecule has 1 amide bonds. The van der Waals surface area contributed by atoms with Crippen molar-refractivity contribution in [1.82, 2.24) is 9.88 Å². The fourth-order valence-electron chi connectivity index (χ4n) is 3.77. The number of piperazine rings is 1. The Bertz CT molecular complexity index is 980. The molecule has 0 aliphatic carbocycles. The van der Waals surface area contributed by atoms with Crippen molar-refractivity contribution in [2.75, 3.05) is 31.1 Å². The molecule has 0 N–H and O–H groups in total. The first-order valence-corrected chi connectivity index (χ1v) is 10.3. The van der Waals surface area contributed by atoms with E-state index in [9.17, 15) is 9.59 Å². The van der Waals surface area contributed by atoms with Gasteiger partial charge >= 0.3 is 0 Å². The molecule has 0 atom stereocenters. The van der Waals surface area contributed by atoms with Crippen LogP contribution in [0.4, 0.5) is 5.69 Å². The first-order chi connectivity index (χ1) is 14.7. The number of carbonyl (C=O) groups excluding carboxylic acids is 2. The largest absolute Gasteiger partial charge is 0.368 e. The molecule has 2 heterocycles. The van der Waals surface area contributed by atoms with Crippen LogP contribution in [-0.4, -0.2) is 47.8 Å². The normalized spacial score (nSPS) is 13.9. The fraction of sp³-hybridized carbons (Fsp3) is 0.240. The molecular weight excluding hydrogens is 374 g/mol. The van der Waals surface area contributed by atoms with Gasteiger partial charge in [-0.25, -0.2) is 0 Å². The molecule has 0 radical (unpaired) electrons. The molecule has 2 aromatic carbocycles. The third-order valence-electron chi connectivity index (χ3n) is 5.54. The minimum Gasteiger partial charge on any atom is -0.368 e. The lowest BCUT2D eigenvalue weighted by Gasteiger charge is -2.36. The molecule has 0 saturated carbocycles. The zero-order valence-electron chi connectivity index (χ0n) is 16.9. The number of carbonyl (C=O) groups is 2. The van der Waals surface area contributed by atoms with E-state index in [1.54, 1.807) is 12.4 Å². The molecule has 1 aliphatic heterocycles. The Hall–Kier alpha value is -3.47. The Balaban J connectivity index is 1.26. The Labute approximate surface area is 177 Å². The highest BCUT2D eigenvalue weighted by Gasteiger charge is 2.21. The molecule has 0 spiro atoms. The SMILES string of the molecule is O=C(CCC(=O)N1CCN(c2ccncc2)CC1)c1ccc(-c2ccccc2)cc1. The molecule has 30 heavy (non-hydrogen) atoms. The van der Waals surface area contributed by atoms with Crippen molar-refractivity contribution in [3.05, 3.63) is 84.7 Å². The van der Waals surface area contributed by atoms with Gasteiger partial charge in [0.25, 0.3) is 0 Å². The van der Waals surface area contributed by atoms with Gasteiger partial charge in [0.15, 0.2) is 5.78 Å². The third kappa shape index (κ3) is 4.74. The number of pyridine rings is 1. The van der Waals surface area contributed by atoms with Crippen LogP contribution in [0, 0.1) is 0 Å². The number of amides is 1. The van der Waals surface area contributed by atoms with E-state index in [-0.39, 0.29) is 24.5 Å². The molecule has 1 aromatic heterocycles. The van der Waals surface area contributed by atoms with Gasteiger partial charge in [-0.05, 0) is 23.3 Å². The number of hydrogen-bond acceptors (Lipinski definition) is 4. The standard InChI is InChI=1S/C25H25N3O2/c29-24(22-8-6-21(7-9-22)20-4-2-1-3-5-20)10-11-25(30)28-18-16-27(17-19-28)23-12-14-26-15-13-23/h1-9,12-15H,10-11,16-19H2. The van der Waals surface area contributed by atoms with Crippen LogP contribution in [0.5, 0.6) is 0 Å². The minimum atomic E-state index is 0.0124. The average Bonchev–Trinajstić information content (AvgIpc) is 2.83. The van der Waals surface area contributed by atoms with Crippen molar-refractivity contribution in [2.45, 2.75) is 12.8 Å². The average molecular weight is 399 g/mol. The van der Waals surface area contributed by atoms with Crippen molar-refractivity contribution in [2.24, 2.45) is 0 Å². The lowest BCUT2D eigenvalue weighted by Crippen LogP contribution is -2.48. The maximum Gasteiger partial charge on any atom is 0.223 e. The van der Waals surface area contributed by atoms with E-state index < -0.39 is 0 Å². The van der Waals surface area contributed by atoms with E-state index in [1.807, 2.05) is 71.6 Å². The smallest absolute Gasteiger partial charge is 0.223 e. The number of hydrogen-bond donors (Lipinski definition) is 0. The van der Waals surface area contributed by atoms with Gasteiger partial charge in [-0.3, -0.25) is 14.6 Å². The van der Waals surface area contributed by atoms with Crippen molar-refractivity contribution in [3.8, 4) is 11.1 Å². The molecule has 1 aliphatic rings. The van der Waals surface area contributed by atoms with Crippen LogP contribution in [0.15, 0.2) is 79.1 Å². The van der Waals surface area contributed by atoms with E-state index in [0.717, 1.165) is 29.9 Å². The lowest BCUT2D eigenvalue weighted by atomic mass is 10.0. The maximum atomic E-state index is 12.6. The second-order valence-electron chi connectivity index (χ2n) is 7.44. The molecule has 4 rings (SSSR count). The summed E-state index contributed by atoms with van der Waals surface area (Å²) in [6.07, 6.45) is 4.07. The number of anilines is 1. The summed E-state index contributed by atoms with van der Waals surface area (Å²) in [6, 6.07) is 21.7. The summed E-state index contributed by atoms with van der Waals surface area (Å²) in [5, 5.41) is 0. The van der Waals surface area contributed by atoms with Crippen molar-refractivity contribution in [1.29, 1.82) is 0 Å². The van der Waals surface area contributed by atoms with Crippen LogP contribution in [-0.2, 0) is 4.79 Å². The predicted octanol–water partition coefficient (Wildman–Crippen LogP) is 4.06. The van der Waals surface area contributed by atoms with E-state index >= 15 is 0 Å². The monoisotopic (exact) mass is 399 g/mol. The van der Waals surface area contributed by atoms with E-state index in [1.165, 1.54) is 0 Å². The van der Waals surface area contributed by atoms with Crippen LogP contribution >= 0.6 is 0 Å². The first kappa shape index (κ1) is 19.8. The number of rotatable bonds is 6. The van der Waals surface area contributed by atoms with Crippen LogP contribution in [0.3, 0.4) is 0 Å². The molecule has 1 saturated heterocycles. The molecule has 152 valence electrons. The number of aromatic nitrogens is 1. The first-order valence-electron chi connectivity index (χ1n) is 10.3. The number of ketones is 1. The Morgan fingerprint density at radius 2 is 1.37 bits per heavy atom. The third-order valence-corrected chi connectivity index (χ3v) is 5.54. The van der Waals surface area contributed by atoms with Gasteiger partial charge < -0.3 is 9.80 Å². The molecule has 1 fully saturated rings. The fourth-order valence-corrected chi connectivity index (χ4v) is 3.77. The zero-order chi connectivity index (χ0) is 20.8. The van der Waals surface area contributed by atoms with Crippen LogP contribution in [0.25, 0.3) is 11.1 Å². The van der Waals surface area contributed by atoms with Crippen molar-refractivity contribution in [3.63, 3.8) is 0 Å². The van der Waals surface area contributed by atoms with E-state index in [4.69, 9.17) is 0 Å². The summed E-state index contributed by atoms with van der Waals surface area (Å²) in [7, 11) is 0. The van der Waals surface area contributed by atoms with Gasteiger partial charge in [0.1, 0.15) is 0 Å². The highest BCUT2D eigenvalue weighted by atomic mass is 16.2. The predicted molar refractivity (Wildman–Crippen MR) is 118 cm³/mol.